The number of unbranched alkanes of at least 4 members (excludes halogenated alkanes) is 9. The van der Waals surface area contributed by atoms with E-state index in [2.05, 4.69) is 12.2 Å². The number of benzene rings is 2. The Morgan fingerprint density at radius 1 is 0.812 bits per heavy atom. The number of esters is 2. The van der Waals surface area contributed by atoms with Crippen LogP contribution in [0.2, 0.25) is 0 Å². The molecule has 0 radical (unpaired) electrons. The Bertz CT molecular complexity index is 1220. The number of carbonyl (C=O) groups is 3. The predicted octanol–water partition coefficient (Wildman–Crippen LogP) is 8.51. The standard InChI is InChI=1S/C41H60N2O5/c1-3-4-5-6-7-8-9-10-11-20-29-47-40(45)36(34-23-16-13-17-24-34)27-28-42-32(2)39(44)43-37-26-19-18-25-35(37)30-38(43)41(46)48-31-33-21-14-12-15-22-33/h12-17,21-24,32,35-38,42H,3-11,18-20,25-31H2,1-2H3/t32-,35+,36?,37+,38-/m0/s1. The summed E-state index contributed by atoms with van der Waals surface area (Å²) < 4.78 is 11.5. The lowest BCUT2D eigenvalue weighted by molar-refractivity contribution is -0.156. The van der Waals surface area contributed by atoms with E-state index in [-0.39, 0.29) is 30.5 Å². The van der Waals surface area contributed by atoms with Gasteiger partial charge in [-0.3, -0.25) is 9.59 Å². The Morgan fingerprint density at radius 2 is 1.44 bits per heavy atom. The second-order valence-corrected chi connectivity index (χ2v) is 14.0. The summed E-state index contributed by atoms with van der Waals surface area (Å²) in [7, 11) is 0. The number of nitrogens with one attached hydrogen (secondary N) is 1. The van der Waals surface area contributed by atoms with Gasteiger partial charge in [0.25, 0.3) is 0 Å². The van der Waals surface area contributed by atoms with E-state index in [1.165, 1.54) is 51.4 Å². The minimum absolute atomic E-state index is 0.0640. The number of amides is 1. The zero-order valence-corrected chi connectivity index (χ0v) is 29.6. The Balaban J connectivity index is 1.25. The van der Waals surface area contributed by atoms with Gasteiger partial charge in [-0.15, -0.1) is 0 Å². The number of carbonyl (C=O) groups excluding carboxylic acids is 3. The van der Waals surface area contributed by atoms with Crippen molar-refractivity contribution in [3.63, 3.8) is 0 Å². The predicted molar refractivity (Wildman–Crippen MR) is 191 cm³/mol. The van der Waals surface area contributed by atoms with Crippen LogP contribution < -0.4 is 5.32 Å². The lowest BCUT2D eigenvalue weighted by atomic mass is 9.84. The van der Waals surface area contributed by atoms with E-state index in [0.29, 0.717) is 31.9 Å². The first-order valence-electron chi connectivity index (χ1n) is 19.0. The third-order valence-electron chi connectivity index (χ3n) is 10.3. The highest BCUT2D eigenvalue weighted by Gasteiger charge is 2.48. The van der Waals surface area contributed by atoms with Crippen LogP contribution in [0.4, 0.5) is 0 Å². The molecule has 5 atom stereocenters. The Hall–Kier alpha value is -3.19. The summed E-state index contributed by atoms with van der Waals surface area (Å²) in [6, 6.07) is 18.5. The van der Waals surface area contributed by atoms with E-state index in [9.17, 15) is 14.4 Å². The van der Waals surface area contributed by atoms with Crippen LogP contribution in [-0.4, -0.2) is 54.0 Å². The van der Waals surface area contributed by atoms with Crippen molar-refractivity contribution in [3.8, 4) is 0 Å². The molecule has 0 aromatic heterocycles. The summed E-state index contributed by atoms with van der Waals surface area (Å²) in [5, 5.41) is 3.39. The average Bonchev–Trinajstić information content (AvgIpc) is 3.51. The van der Waals surface area contributed by atoms with Crippen LogP contribution in [0.5, 0.6) is 0 Å². The summed E-state index contributed by atoms with van der Waals surface area (Å²) in [6.45, 7) is 5.24. The molecule has 1 heterocycles. The average molecular weight is 661 g/mol. The summed E-state index contributed by atoms with van der Waals surface area (Å²) in [5.74, 6) is -0.658. The van der Waals surface area contributed by atoms with Crippen LogP contribution in [0, 0.1) is 5.92 Å². The molecule has 264 valence electrons. The molecule has 4 rings (SSSR count). The van der Waals surface area contributed by atoms with Gasteiger partial charge in [0.1, 0.15) is 12.6 Å². The van der Waals surface area contributed by atoms with Crippen LogP contribution in [-0.2, 0) is 30.5 Å². The number of rotatable bonds is 21. The van der Waals surface area contributed by atoms with Crippen molar-refractivity contribution in [3.05, 3.63) is 71.8 Å². The topological polar surface area (TPSA) is 84.9 Å². The first kappa shape index (κ1) is 37.6. The number of hydrogen-bond acceptors (Lipinski definition) is 6. The lowest BCUT2D eigenvalue weighted by Crippen LogP contribution is -2.53. The SMILES string of the molecule is CCCCCCCCCCCCOC(=O)C(CCN[C@@H](C)C(=O)N1[C@@H]2CCCC[C@@H]2C[C@H]1C(=O)OCc1ccccc1)c1ccccc1. The zero-order chi connectivity index (χ0) is 34.0. The van der Waals surface area contributed by atoms with Crippen molar-refractivity contribution in [1.29, 1.82) is 0 Å². The smallest absolute Gasteiger partial charge is 0.329 e. The van der Waals surface area contributed by atoms with Gasteiger partial charge in [-0.25, -0.2) is 4.79 Å². The first-order valence-corrected chi connectivity index (χ1v) is 19.0. The molecule has 2 aromatic carbocycles. The van der Waals surface area contributed by atoms with E-state index in [0.717, 1.165) is 49.7 Å². The van der Waals surface area contributed by atoms with Gasteiger partial charge >= 0.3 is 11.9 Å². The number of hydrogen-bond donors (Lipinski definition) is 1. The van der Waals surface area contributed by atoms with Gasteiger partial charge < -0.3 is 19.7 Å². The first-order chi connectivity index (χ1) is 23.5. The van der Waals surface area contributed by atoms with Crippen molar-refractivity contribution in [2.24, 2.45) is 5.92 Å². The van der Waals surface area contributed by atoms with Crippen molar-refractivity contribution >= 4 is 17.8 Å². The van der Waals surface area contributed by atoms with E-state index >= 15 is 0 Å². The highest BCUT2D eigenvalue weighted by molar-refractivity contribution is 5.88. The van der Waals surface area contributed by atoms with Gasteiger partial charge in [0.15, 0.2) is 0 Å². The minimum atomic E-state index is -0.559. The normalized spacial score (nSPS) is 20.1. The van der Waals surface area contributed by atoms with Crippen LogP contribution >= 0.6 is 0 Å². The molecular weight excluding hydrogens is 600 g/mol. The second-order valence-electron chi connectivity index (χ2n) is 14.0. The van der Waals surface area contributed by atoms with Crippen LogP contribution in [0.1, 0.15) is 134 Å². The zero-order valence-electron chi connectivity index (χ0n) is 29.6. The monoisotopic (exact) mass is 660 g/mol. The van der Waals surface area contributed by atoms with Gasteiger partial charge in [-0.05, 0) is 62.6 Å². The molecule has 1 aliphatic heterocycles. The maximum Gasteiger partial charge on any atom is 0.329 e. The van der Waals surface area contributed by atoms with Gasteiger partial charge in [-0.2, -0.15) is 0 Å². The van der Waals surface area contributed by atoms with E-state index in [1.807, 2.05) is 72.5 Å². The van der Waals surface area contributed by atoms with Crippen molar-refractivity contribution in [2.45, 2.75) is 147 Å². The van der Waals surface area contributed by atoms with Crippen molar-refractivity contribution in [2.75, 3.05) is 13.2 Å². The van der Waals surface area contributed by atoms with Crippen molar-refractivity contribution < 1.29 is 23.9 Å². The van der Waals surface area contributed by atoms with E-state index in [4.69, 9.17) is 9.47 Å². The van der Waals surface area contributed by atoms with Crippen LogP contribution in [0.3, 0.4) is 0 Å². The number of fused-ring (bicyclic) bond motifs is 1. The van der Waals surface area contributed by atoms with Crippen LogP contribution in [0.25, 0.3) is 0 Å². The molecule has 2 fully saturated rings. The highest BCUT2D eigenvalue weighted by atomic mass is 16.5. The summed E-state index contributed by atoms with van der Waals surface area (Å²) in [5.41, 5.74) is 1.86. The quantitative estimate of drug-likeness (QED) is 0.107. The molecule has 1 unspecified atom stereocenters. The fraction of sp³-hybridized carbons (Fsp3) is 0.634. The molecule has 1 aliphatic carbocycles. The Morgan fingerprint density at radius 3 is 2.12 bits per heavy atom. The van der Waals surface area contributed by atoms with Gasteiger partial charge in [0, 0.05) is 6.04 Å². The molecule has 1 saturated heterocycles. The molecule has 0 bridgehead atoms. The Labute approximate surface area is 289 Å². The molecule has 1 saturated carbocycles. The molecule has 2 aromatic rings. The van der Waals surface area contributed by atoms with E-state index in [1.54, 1.807) is 0 Å². The molecule has 1 amide bonds. The number of likely N-dealkylation sites (tertiary alicyclic amines) is 1. The third kappa shape index (κ3) is 11.7. The maximum atomic E-state index is 14.0. The molecular formula is C41H60N2O5. The highest BCUT2D eigenvalue weighted by Crippen LogP contribution is 2.40. The molecule has 48 heavy (non-hydrogen) atoms. The van der Waals surface area contributed by atoms with E-state index < -0.39 is 18.0 Å². The Kier molecular flexibility index (Phi) is 16.5. The van der Waals surface area contributed by atoms with Crippen molar-refractivity contribution in [1.82, 2.24) is 10.2 Å². The van der Waals surface area contributed by atoms with Gasteiger partial charge in [0.05, 0.1) is 18.6 Å². The number of nitrogens with zero attached hydrogens (tertiary/aromatic N) is 1. The number of ether oxygens (including phenoxy) is 2. The minimum Gasteiger partial charge on any atom is -0.465 e. The molecule has 7 nitrogen and oxygen atoms in total. The summed E-state index contributed by atoms with van der Waals surface area (Å²) >= 11 is 0. The fourth-order valence-corrected chi connectivity index (χ4v) is 7.54. The second kappa shape index (κ2) is 21.0. The molecule has 1 N–H and O–H groups in total. The van der Waals surface area contributed by atoms with Crippen LogP contribution in [0.15, 0.2) is 60.7 Å². The largest absolute Gasteiger partial charge is 0.465 e. The lowest BCUT2D eigenvalue weighted by Gasteiger charge is -2.35. The van der Waals surface area contributed by atoms with Gasteiger partial charge in [-0.1, -0.05) is 138 Å². The molecule has 7 heteroatoms. The molecule has 0 spiro atoms. The summed E-state index contributed by atoms with van der Waals surface area (Å²) in [4.78, 5) is 42.4. The summed E-state index contributed by atoms with van der Waals surface area (Å²) in [6.07, 6.45) is 17.7. The van der Waals surface area contributed by atoms with Gasteiger partial charge in [0.2, 0.25) is 5.91 Å². The molecule has 2 aliphatic rings. The maximum absolute atomic E-state index is 14.0. The fourth-order valence-electron chi connectivity index (χ4n) is 7.54. The third-order valence-corrected chi connectivity index (χ3v) is 10.3.